The second-order valence-electron chi connectivity index (χ2n) is 4.38. The summed E-state index contributed by atoms with van der Waals surface area (Å²) in [7, 11) is 1.99. The van der Waals surface area contributed by atoms with E-state index in [0.29, 0.717) is 12.5 Å². The van der Waals surface area contributed by atoms with Crippen LogP contribution in [0.1, 0.15) is 17.0 Å². The van der Waals surface area contributed by atoms with E-state index in [9.17, 15) is 0 Å². The zero-order chi connectivity index (χ0) is 12.4. The van der Waals surface area contributed by atoms with Gasteiger partial charge in [-0.25, -0.2) is 4.98 Å². The Kier molecular flexibility index (Phi) is 2.98. The lowest BCUT2D eigenvalue weighted by Gasteiger charge is -2.14. The topological polar surface area (TPSA) is 52.0 Å². The van der Waals surface area contributed by atoms with Crippen LogP contribution in [-0.2, 0) is 26.6 Å². The molecule has 0 fully saturated rings. The molecule has 3 rings (SSSR count). The normalized spacial score (nSPS) is 14.3. The highest BCUT2D eigenvalue weighted by atomic mass is 16.5. The summed E-state index contributed by atoms with van der Waals surface area (Å²) in [5, 5.41) is 7.90. The van der Waals surface area contributed by atoms with Gasteiger partial charge in [-0.1, -0.05) is 6.07 Å². The van der Waals surface area contributed by atoms with Gasteiger partial charge in [-0.2, -0.15) is 5.10 Å². The van der Waals surface area contributed by atoms with E-state index in [-0.39, 0.29) is 0 Å². The van der Waals surface area contributed by atoms with Crippen LogP contribution in [0.3, 0.4) is 0 Å². The quantitative estimate of drug-likeness (QED) is 0.876. The number of rotatable bonds is 3. The number of nitrogens with zero attached hydrogens (tertiary/aromatic N) is 3. The van der Waals surface area contributed by atoms with Crippen molar-refractivity contribution in [2.75, 3.05) is 6.54 Å². The Labute approximate surface area is 106 Å². The van der Waals surface area contributed by atoms with Crippen LogP contribution in [0.2, 0.25) is 0 Å². The van der Waals surface area contributed by atoms with E-state index in [4.69, 9.17) is 4.74 Å². The Bertz CT molecular complexity index is 535. The number of pyridine rings is 1. The molecule has 0 unspecified atom stereocenters. The highest BCUT2D eigenvalue weighted by Gasteiger charge is 2.19. The molecular formula is C13H16N4O. The molecule has 5 heteroatoms. The number of nitrogens with one attached hydrogen (secondary N) is 1. The van der Waals surface area contributed by atoms with Crippen LogP contribution in [0.15, 0.2) is 24.4 Å². The zero-order valence-corrected chi connectivity index (χ0v) is 10.4. The maximum Gasteiger partial charge on any atom is 0.213 e. The van der Waals surface area contributed by atoms with Crippen LogP contribution in [0.25, 0.3) is 0 Å². The summed E-state index contributed by atoms with van der Waals surface area (Å²) < 4.78 is 7.62. The van der Waals surface area contributed by atoms with Crippen molar-refractivity contribution in [1.82, 2.24) is 20.1 Å². The Hall–Kier alpha value is -1.88. The smallest absolute Gasteiger partial charge is 0.213 e. The van der Waals surface area contributed by atoms with Gasteiger partial charge in [-0.3, -0.25) is 4.68 Å². The predicted octanol–water partition coefficient (Wildman–Crippen LogP) is 1.04. The van der Waals surface area contributed by atoms with Crippen LogP contribution in [0.5, 0.6) is 5.88 Å². The fourth-order valence-corrected chi connectivity index (χ4v) is 2.29. The summed E-state index contributed by atoms with van der Waals surface area (Å²) in [4.78, 5) is 4.14. The van der Waals surface area contributed by atoms with Crippen molar-refractivity contribution < 1.29 is 4.74 Å². The van der Waals surface area contributed by atoms with Crippen LogP contribution in [0.4, 0.5) is 0 Å². The standard InChI is InChI=1S/C13H16N4O/c1-17-12-5-7-14-8-10(12)11(16-17)9-18-13-4-2-3-6-15-13/h2-4,6,14H,5,7-9H2,1H3. The maximum atomic E-state index is 5.66. The number of hydrogen-bond donors (Lipinski definition) is 1. The minimum Gasteiger partial charge on any atom is -0.471 e. The molecule has 1 aliphatic heterocycles. The van der Waals surface area contributed by atoms with E-state index in [1.807, 2.05) is 29.9 Å². The van der Waals surface area contributed by atoms with Crippen molar-refractivity contribution in [3.05, 3.63) is 41.3 Å². The molecule has 3 heterocycles. The van der Waals surface area contributed by atoms with Crippen molar-refractivity contribution in [1.29, 1.82) is 0 Å². The van der Waals surface area contributed by atoms with Gasteiger partial charge in [0.05, 0.1) is 0 Å². The lowest BCUT2D eigenvalue weighted by atomic mass is 10.1. The molecule has 2 aromatic heterocycles. The molecule has 0 spiro atoms. The molecule has 2 aromatic rings. The van der Waals surface area contributed by atoms with E-state index < -0.39 is 0 Å². The summed E-state index contributed by atoms with van der Waals surface area (Å²) >= 11 is 0. The summed E-state index contributed by atoms with van der Waals surface area (Å²) in [6.07, 6.45) is 2.76. The van der Waals surface area contributed by atoms with Crippen LogP contribution >= 0.6 is 0 Å². The van der Waals surface area contributed by atoms with E-state index in [1.165, 1.54) is 11.3 Å². The molecule has 18 heavy (non-hydrogen) atoms. The molecular weight excluding hydrogens is 228 g/mol. The van der Waals surface area contributed by atoms with Crippen LogP contribution in [0, 0.1) is 0 Å². The third-order valence-corrected chi connectivity index (χ3v) is 3.19. The second kappa shape index (κ2) is 4.78. The van der Waals surface area contributed by atoms with Crippen molar-refractivity contribution in [3.63, 3.8) is 0 Å². The molecule has 94 valence electrons. The van der Waals surface area contributed by atoms with Crippen molar-refractivity contribution in [2.24, 2.45) is 7.05 Å². The Balaban J connectivity index is 1.77. The number of fused-ring (bicyclic) bond motifs is 1. The Morgan fingerprint density at radius 1 is 1.44 bits per heavy atom. The zero-order valence-electron chi connectivity index (χ0n) is 10.4. The van der Waals surface area contributed by atoms with Gasteiger partial charge in [0.1, 0.15) is 12.3 Å². The molecule has 5 nitrogen and oxygen atoms in total. The number of hydrogen-bond acceptors (Lipinski definition) is 4. The van der Waals surface area contributed by atoms with Gasteiger partial charge in [-0.15, -0.1) is 0 Å². The van der Waals surface area contributed by atoms with E-state index in [0.717, 1.165) is 25.2 Å². The second-order valence-corrected chi connectivity index (χ2v) is 4.38. The molecule has 0 bridgehead atoms. The first-order valence-corrected chi connectivity index (χ1v) is 6.13. The maximum absolute atomic E-state index is 5.66. The molecule has 0 atom stereocenters. The SMILES string of the molecule is Cn1nc(COc2ccccn2)c2c1CCNC2. The minimum absolute atomic E-state index is 0.474. The highest BCUT2D eigenvalue weighted by Crippen LogP contribution is 2.18. The molecule has 0 aliphatic carbocycles. The molecule has 1 aliphatic rings. The monoisotopic (exact) mass is 244 g/mol. The fourth-order valence-electron chi connectivity index (χ4n) is 2.29. The third kappa shape index (κ3) is 2.09. The van der Waals surface area contributed by atoms with Gasteiger partial charge < -0.3 is 10.1 Å². The highest BCUT2D eigenvalue weighted by molar-refractivity contribution is 5.28. The molecule has 0 saturated heterocycles. The average molecular weight is 244 g/mol. The Morgan fingerprint density at radius 2 is 2.39 bits per heavy atom. The van der Waals surface area contributed by atoms with E-state index in [2.05, 4.69) is 15.4 Å². The number of aromatic nitrogens is 3. The summed E-state index contributed by atoms with van der Waals surface area (Å²) in [5.74, 6) is 0.640. The lowest BCUT2D eigenvalue weighted by Crippen LogP contribution is -2.24. The molecule has 0 saturated carbocycles. The first-order chi connectivity index (χ1) is 8.84. The van der Waals surface area contributed by atoms with Crippen molar-refractivity contribution >= 4 is 0 Å². The van der Waals surface area contributed by atoms with E-state index in [1.54, 1.807) is 6.20 Å². The Morgan fingerprint density at radius 3 is 3.22 bits per heavy atom. The lowest BCUT2D eigenvalue weighted by molar-refractivity contribution is 0.287. The molecule has 0 radical (unpaired) electrons. The first-order valence-electron chi connectivity index (χ1n) is 6.13. The summed E-state index contributed by atoms with van der Waals surface area (Å²) in [6, 6.07) is 5.64. The van der Waals surface area contributed by atoms with Gasteiger partial charge in [-0.05, 0) is 6.07 Å². The van der Waals surface area contributed by atoms with Crippen molar-refractivity contribution in [2.45, 2.75) is 19.6 Å². The van der Waals surface area contributed by atoms with Gasteiger partial charge in [0.25, 0.3) is 0 Å². The largest absolute Gasteiger partial charge is 0.471 e. The first kappa shape index (κ1) is 11.2. The number of ether oxygens (including phenoxy) is 1. The average Bonchev–Trinajstić information content (AvgIpc) is 2.75. The van der Waals surface area contributed by atoms with Crippen LogP contribution in [-0.4, -0.2) is 21.3 Å². The molecule has 0 amide bonds. The third-order valence-electron chi connectivity index (χ3n) is 3.19. The van der Waals surface area contributed by atoms with Gasteiger partial charge >= 0.3 is 0 Å². The minimum atomic E-state index is 0.474. The predicted molar refractivity (Wildman–Crippen MR) is 67.2 cm³/mol. The van der Waals surface area contributed by atoms with Gasteiger partial charge in [0, 0.05) is 50.1 Å². The molecule has 1 N–H and O–H groups in total. The fraction of sp³-hybridized carbons (Fsp3) is 0.385. The molecule has 0 aromatic carbocycles. The summed E-state index contributed by atoms with van der Waals surface area (Å²) in [5.41, 5.74) is 3.60. The summed E-state index contributed by atoms with van der Waals surface area (Å²) in [6.45, 7) is 2.37. The van der Waals surface area contributed by atoms with E-state index >= 15 is 0 Å². The van der Waals surface area contributed by atoms with Crippen LogP contribution < -0.4 is 10.1 Å². The number of aryl methyl sites for hydroxylation is 1. The van der Waals surface area contributed by atoms with Gasteiger partial charge in [0.2, 0.25) is 5.88 Å². The van der Waals surface area contributed by atoms with Crippen molar-refractivity contribution in [3.8, 4) is 5.88 Å². The van der Waals surface area contributed by atoms with Gasteiger partial charge in [0.15, 0.2) is 0 Å².